The summed E-state index contributed by atoms with van der Waals surface area (Å²) in [6, 6.07) is 7.30. The second-order valence-electron chi connectivity index (χ2n) is 4.82. The Morgan fingerprint density at radius 1 is 1.24 bits per heavy atom. The van der Waals surface area contributed by atoms with Crippen LogP contribution in [0.5, 0.6) is 0 Å². The summed E-state index contributed by atoms with van der Waals surface area (Å²) in [5.74, 6) is 4.31. The number of nitrogens with zero attached hydrogens (tertiary/aromatic N) is 2. The molecule has 0 amide bonds. The van der Waals surface area contributed by atoms with Crippen LogP contribution in [0.3, 0.4) is 0 Å². The van der Waals surface area contributed by atoms with Gasteiger partial charge in [0.15, 0.2) is 0 Å². The summed E-state index contributed by atoms with van der Waals surface area (Å²) in [4.78, 5) is 0. The molecule has 3 N–H and O–H groups in total. The number of fused-ring (bicyclic) bond motifs is 1. The monoisotopic (exact) mass is 288 g/mol. The molecule has 0 radical (unpaired) electrons. The van der Waals surface area contributed by atoms with Crippen LogP contribution in [0.2, 0.25) is 0 Å². The molecule has 1 aromatic carbocycles. The van der Waals surface area contributed by atoms with Crippen LogP contribution >= 0.6 is 0 Å². The zero-order valence-electron chi connectivity index (χ0n) is 11.3. The Bertz CT molecular complexity index is 797. The van der Waals surface area contributed by atoms with Gasteiger partial charge < -0.3 is 0 Å². The summed E-state index contributed by atoms with van der Waals surface area (Å²) < 4.78 is 30.1. The maximum Gasteiger partial charge on any atom is 0.134 e. The Balaban J connectivity index is 2.22. The van der Waals surface area contributed by atoms with Crippen molar-refractivity contribution in [3.05, 3.63) is 71.1 Å². The fourth-order valence-electron chi connectivity index (χ4n) is 2.45. The fraction of sp³-hybridized carbons (Fsp3) is 0.133. The summed E-state index contributed by atoms with van der Waals surface area (Å²) in [7, 11) is 0. The van der Waals surface area contributed by atoms with Crippen molar-refractivity contribution in [2.24, 2.45) is 5.84 Å². The molecular formula is C15H14F2N4. The lowest BCUT2D eigenvalue weighted by Crippen LogP contribution is -2.30. The van der Waals surface area contributed by atoms with E-state index in [1.54, 1.807) is 23.8 Å². The largest absolute Gasteiger partial charge is 0.271 e. The van der Waals surface area contributed by atoms with Crippen LogP contribution in [-0.4, -0.2) is 9.61 Å². The van der Waals surface area contributed by atoms with Crippen molar-refractivity contribution in [1.29, 1.82) is 0 Å². The summed E-state index contributed by atoms with van der Waals surface area (Å²) >= 11 is 0. The zero-order chi connectivity index (χ0) is 15.0. The first kappa shape index (κ1) is 13.7. The standard InChI is InChI=1S/C15H14F2N4/c1-9-5-6-11(16)13(14(9)17)15(20-18)10-8-19-21-7-3-2-4-12(10)21/h2-8,15,20H,18H2,1H3. The van der Waals surface area contributed by atoms with E-state index < -0.39 is 17.7 Å². The van der Waals surface area contributed by atoms with E-state index in [0.717, 1.165) is 5.52 Å². The summed E-state index contributed by atoms with van der Waals surface area (Å²) in [5, 5.41) is 4.17. The molecule has 2 heterocycles. The maximum atomic E-state index is 14.3. The van der Waals surface area contributed by atoms with Crippen LogP contribution in [0.25, 0.3) is 5.52 Å². The van der Waals surface area contributed by atoms with Crippen molar-refractivity contribution in [2.75, 3.05) is 0 Å². The number of halogens is 2. The molecule has 0 aliphatic heterocycles. The van der Waals surface area contributed by atoms with Gasteiger partial charge in [0.05, 0.1) is 17.8 Å². The van der Waals surface area contributed by atoms with Crippen molar-refractivity contribution in [2.45, 2.75) is 13.0 Å². The van der Waals surface area contributed by atoms with E-state index >= 15 is 0 Å². The highest BCUT2D eigenvalue weighted by Crippen LogP contribution is 2.30. The molecule has 3 aromatic rings. The number of rotatable bonds is 3. The molecule has 6 heteroatoms. The number of hydrogen-bond donors (Lipinski definition) is 2. The van der Waals surface area contributed by atoms with Crippen molar-refractivity contribution in [3.63, 3.8) is 0 Å². The van der Waals surface area contributed by atoms with Gasteiger partial charge >= 0.3 is 0 Å². The van der Waals surface area contributed by atoms with Gasteiger partial charge in [-0.05, 0) is 30.7 Å². The van der Waals surface area contributed by atoms with Gasteiger partial charge in [-0.25, -0.2) is 18.7 Å². The van der Waals surface area contributed by atoms with Crippen LogP contribution < -0.4 is 11.3 Å². The lowest BCUT2D eigenvalue weighted by Gasteiger charge is -2.18. The molecule has 2 aromatic heterocycles. The van der Waals surface area contributed by atoms with Crippen molar-refractivity contribution >= 4 is 5.52 Å². The maximum absolute atomic E-state index is 14.3. The molecular weight excluding hydrogens is 274 g/mol. The molecule has 0 fully saturated rings. The number of aryl methyl sites for hydroxylation is 1. The zero-order valence-corrected chi connectivity index (χ0v) is 11.3. The highest BCUT2D eigenvalue weighted by atomic mass is 19.1. The molecule has 0 spiro atoms. The third kappa shape index (κ3) is 2.18. The number of pyridine rings is 1. The van der Waals surface area contributed by atoms with E-state index in [1.165, 1.54) is 12.1 Å². The van der Waals surface area contributed by atoms with E-state index in [-0.39, 0.29) is 5.56 Å². The topological polar surface area (TPSA) is 55.3 Å². The molecule has 1 atom stereocenters. The quantitative estimate of drug-likeness (QED) is 0.575. The Hall–Kier alpha value is -2.31. The second-order valence-corrected chi connectivity index (χ2v) is 4.82. The van der Waals surface area contributed by atoms with E-state index in [9.17, 15) is 8.78 Å². The van der Waals surface area contributed by atoms with Crippen molar-refractivity contribution < 1.29 is 8.78 Å². The average Bonchev–Trinajstić information content (AvgIpc) is 2.91. The first-order valence-electron chi connectivity index (χ1n) is 6.46. The van der Waals surface area contributed by atoms with Gasteiger partial charge in [0.25, 0.3) is 0 Å². The summed E-state index contributed by atoms with van der Waals surface area (Å²) in [6.45, 7) is 1.59. The third-order valence-electron chi connectivity index (χ3n) is 3.54. The lowest BCUT2D eigenvalue weighted by atomic mass is 9.97. The highest BCUT2D eigenvalue weighted by molar-refractivity contribution is 5.57. The number of aromatic nitrogens is 2. The second kappa shape index (κ2) is 5.23. The molecule has 3 rings (SSSR count). The normalized spacial score (nSPS) is 12.8. The van der Waals surface area contributed by atoms with E-state index in [4.69, 9.17) is 5.84 Å². The molecule has 0 saturated heterocycles. The van der Waals surface area contributed by atoms with Crippen LogP contribution in [0.15, 0.2) is 42.7 Å². The minimum Gasteiger partial charge on any atom is -0.271 e. The van der Waals surface area contributed by atoms with Crippen molar-refractivity contribution in [3.8, 4) is 0 Å². The lowest BCUT2D eigenvalue weighted by molar-refractivity contribution is 0.508. The van der Waals surface area contributed by atoms with Gasteiger partial charge in [-0.15, -0.1) is 0 Å². The number of nitrogens with two attached hydrogens (primary N) is 1. The number of nitrogens with one attached hydrogen (secondary N) is 1. The summed E-state index contributed by atoms with van der Waals surface area (Å²) in [5.41, 5.74) is 4.10. The Morgan fingerprint density at radius 2 is 2.05 bits per heavy atom. The molecule has 1 unspecified atom stereocenters. The first-order valence-corrected chi connectivity index (χ1v) is 6.46. The van der Waals surface area contributed by atoms with E-state index in [2.05, 4.69) is 10.5 Å². The van der Waals surface area contributed by atoms with Gasteiger partial charge in [0, 0.05) is 17.3 Å². The molecule has 0 aliphatic rings. The molecule has 0 saturated carbocycles. The van der Waals surface area contributed by atoms with Gasteiger partial charge in [0.1, 0.15) is 11.6 Å². The molecule has 0 bridgehead atoms. The Kier molecular flexibility index (Phi) is 3.40. The van der Waals surface area contributed by atoms with Gasteiger partial charge in [-0.1, -0.05) is 12.1 Å². The fourth-order valence-corrected chi connectivity index (χ4v) is 2.45. The van der Waals surface area contributed by atoms with Crippen LogP contribution in [0.4, 0.5) is 8.78 Å². The van der Waals surface area contributed by atoms with E-state index in [1.807, 2.05) is 18.2 Å². The molecule has 4 nitrogen and oxygen atoms in total. The van der Waals surface area contributed by atoms with Gasteiger partial charge in [-0.3, -0.25) is 5.84 Å². The van der Waals surface area contributed by atoms with Crippen LogP contribution in [-0.2, 0) is 0 Å². The minimum atomic E-state index is -0.815. The molecule has 0 aliphatic carbocycles. The Labute approximate surface area is 120 Å². The summed E-state index contributed by atoms with van der Waals surface area (Å²) in [6.07, 6.45) is 3.32. The predicted molar refractivity (Wildman–Crippen MR) is 75.5 cm³/mol. The average molecular weight is 288 g/mol. The molecule has 21 heavy (non-hydrogen) atoms. The van der Waals surface area contributed by atoms with Crippen molar-refractivity contribution in [1.82, 2.24) is 15.0 Å². The van der Waals surface area contributed by atoms with Gasteiger partial charge in [-0.2, -0.15) is 5.10 Å². The first-order chi connectivity index (χ1) is 10.1. The number of hydrogen-bond acceptors (Lipinski definition) is 3. The smallest absolute Gasteiger partial charge is 0.134 e. The van der Waals surface area contributed by atoms with Gasteiger partial charge in [0.2, 0.25) is 0 Å². The van der Waals surface area contributed by atoms with Crippen LogP contribution in [0.1, 0.15) is 22.7 Å². The van der Waals surface area contributed by atoms with E-state index in [0.29, 0.717) is 11.1 Å². The third-order valence-corrected chi connectivity index (χ3v) is 3.54. The Morgan fingerprint density at radius 3 is 2.81 bits per heavy atom. The SMILES string of the molecule is Cc1ccc(F)c(C(NN)c2cnn3ccccc23)c1F. The minimum absolute atomic E-state index is 0.101. The predicted octanol–water partition coefficient (Wildman–Crippen LogP) is 2.47. The van der Waals surface area contributed by atoms with Crippen LogP contribution in [0, 0.1) is 18.6 Å². The molecule has 108 valence electrons. The number of benzene rings is 1. The highest BCUT2D eigenvalue weighted by Gasteiger charge is 2.24. The number of hydrazine groups is 1.